The van der Waals surface area contributed by atoms with Gasteiger partial charge in [0.25, 0.3) is 0 Å². The normalized spacial score (nSPS) is 31.0. The topological polar surface area (TPSA) is 26.0 Å². The second-order valence-electron chi connectivity index (χ2n) is 4.61. The van der Waals surface area contributed by atoms with E-state index in [9.17, 15) is 0 Å². The zero-order valence-electron chi connectivity index (χ0n) is 8.55. The molecule has 0 radical (unpaired) electrons. The third-order valence-electron chi connectivity index (χ3n) is 3.34. The fourth-order valence-electron chi connectivity index (χ4n) is 2.44. The van der Waals surface area contributed by atoms with Crippen molar-refractivity contribution in [3.05, 3.63) is 0 Å². The lowest BCUT2D eigenvalue weighted by Crippen LogP contribution is -2.21. The Hall–Kier alpha value is -0.0400. The van der Waals surface area contributed by atoms with Gasteiger partial charge in [0.2, 0.25) is 0 Å². The number of rotatable bonds is 3. The summed E-state index contributed by atoms with van der Waals surface area (Å²) in [5.74, 6) is 2.80. The van der Waals surface area contributed by atoms with Gasteiger partial charge in [-0.05, 0) is 37.1 Å². The van der Waals surface area contributed by atoms with Crippen molar-refractivity contribution in [1.29, 1.82) is 0 Å². The van der Waals surface area contributed by atoms with Crippen LogP contribution in [0.25, 0.3) is 0 Å². The molecule has 0 aromatic rings. The summed E-state index contributed by atoms with van der Waals surface area (Å²) >= 11 is 0. The Labute approximate surface area is 76.7 Å². The molecular formula is C11H23N. The van der Waals surface area contributed by atoms with Crippen LogP contribution in [0, 0.1) is 17.8 Å². The van der Waals surface area contributed by atoms with Crippen LogP contribution in [0.3, 0.4) is 0 Å². The number of hydrogen-bond donors (Lipinski definition) is 1. The fourth-order valence-corrected chi connectivity index (χ4v) is 2.44. The third kappa shape index (κ3) is 2.78. The smallest absolute Gasteiger partial charge is 0.00746 e. The van der Waals surface area contributed by atoms with Crippen LogP contribution in [0.4, 0.5) is 0 Å². The monoisotopic (exact) mass is 169 g/mol. The molecule has 1 rings (SSSR count). The van der Waals surface area contributed by atoms with Gasteiger partial charge in [-0.2, -0.15) is 0 Å². The van der Waals surface area contributed by atoms with Gasteiger partial charge in [-0.1, -0.05) is 33.1 Å². The maximum Gasteiger partial charge on any atom is -0.00746 e. The molecule has 1 nitrogen and oxygen atoms in total. The minimum Gasteiger partial charge on any atom is -0.330 e. The molecular weight excluding hydrogens is 146 g/mol. The lowest BCUT2D eigenvalue weighted by atomic mass is 9.75. The standard InChI is InChI=1S/C11H23N/c1-9(2)11-5-3-4-10(8-11)6-7-12/h9-11H,3-8,12H2,1-2H3/t10?,11-/m0/s1. The Balaban J connectivity index is 2.30. The van der Waals surface area contributed by atoms with E-state index in [1.165, 1.54) is 32.1 Å². The van der Waals surface area contributed by atoms with Gasteiger partial charge < -0.3 is 5.73 Å². The van der Waals surface area contributed by atoms with Gasteiger partial charge in [-0.3, -0.25) is 0 Å². The molecule has 0 bridgehead atoms. The summed E-state index contributed by atoms with van der Waals surface area (Å²) in [5.41, 5.74) is 5.58. The highest BCUT2D eigenvalue weighted by molar-refractivity contribution is 4.75. The Kier molecular flexibility index (Phi) is 4.07. The molecule has 1 aliphatic rings. The molecule has 1 aliphatic carbocycles. The minimum absolute atomic E-state index is 0.880. The lowest BCUT2D eigenvalue weighted by molar-refractivity contribution is 0.208. The van der Waals surface area contributed by atoms with E-state index in [2.05, 4.69) is 13.8 Å². The molecule has 2 N–H and O–H groups in total. The van der Waals surface area contributed by atoms with E-state index in [0.29, 0.717) is 0 Å². The molecule has 0 amide bonds. The van der Waals surface area contributed by atoms with E-state index in [1.54, 1.807) is 0 Å². The maximum absolute atomic E-state index is 5.58. The first-order valence-corrected chi connectivity index (χ1v) is 5.44. The van der Waals surface area contributed by atoms with E-state index in [0.717, 1.165) is 24.3 Å². The van der Waals surface area contributed by atoms with Crippen molar-refractivity contribution in [2.24, 2.45) is 23.5 Å². The number of nitrogens with two attached hydrogens (primary N) is 1. The molecule has 0 spiro atoms. The van der Waals surface area contributed by atoms with Gasteiger partial charge in [-0.25, -0.2) is 0 Å². The second-order valence-corrected chi connectivity index (χ2v) is 4.61. The Morgan fingerprint density at radius 1 is 1.33 bits per heavy atom. The molecule has 1 heteroatoms. The van der Waals surface area contributed by atoms with Crippen molar-refractivity contribution < 1.29 is 0 Å². The van der Waals surface area contributed by atoms with E-state index >= 15 is 0 Å². The predicted molar refractivity (Wildman–Crippen MR) is 54.0 cm³/mol. The molecule has 0 heterocycles. The van der Waals surface area contributed by atoms with Crippen LogP contribution in [-0.4, -0.2) is 6.54 Å². The molecule has 0 aliphatic heterocycles. The van der Waals surface area contributed by atoms with Crippen LogP contribution >= 0.6 is 0 Å². The molecule has 1 saturated carbocycles. The van der Waals surface area contributed by atoms with Crippen molar-refractivity contribution >= 4 is 0 Å². The summed E-state index contributed by atoms with van der Waals surface area (Å²) in [6.45, 7) is 5.60. The van der Waals surface area contributed by atoms with E-state index < -0.39 is 0 Å². The molecule has 12 heavy (non-hydrogen) atoms. The molecule has 0 aromatic carbocycles. The molecule has 0 aromatic heterocycles. The first-order chi connectivity index (χ1) is 5.74. The highest BCUT2D eigenvalue weighted by atomic mass is 14.5. The van der Waals surface area contributed by atoms with E-state index in [-0.39, 0.29) is 0 Å². The Morgan fingerprint density at radius 2 is 2.08 bits per heavy atom. The van der Waals surface area contributed by atoms with Gasteiger partial charge in [0.15, 0.2) is 0 Å². The fraction of sp³-hybridized carbons (Fsp3) is 1.00. The molecule has 1 fully saturated rings. The average molecular weight is 169 g/mol. The first kappa shape index (κ1) is 10.0. The minimum atomic E-state index is 0.880. The number of hydrogen-bond acceptors (Lipinski definition) is 1. The van der Waals surface area contributed by atoms with Crippen molar-refractivity contribution in [3.8, 4) is 0 Å². The summed E-state index contributed by atoms with van der Waals surface area (Å²) in [6.07, 6.45) is 7.02. The highest BCUT2D eigenvalue weighted by Crippen LogP contribution is 2.34. The quantitative estimate of drug-likeness (QED) is 0.690. The molecule has 1 unspecified atom stereocenters. The van der Waals surface area contributed by atoms with Crippen molar-refractivity contribution in [2.45, 2.75) is 46.0 Å². The van der Waals surface area contributed by atoms with E-state index in [4.69, 9.17) is 5.73 Å². The summed E-state index contributed by atoms with van der Waals surface area (Å²) in [7, 11) is 0. The van der Waals surface area contributed by atoms with Crippen LogP contribution in [-0.2, 0) is 0 Å². The van der Waals surface area contributed by atoms with E-state index in [1.807, 2.05) is 0 Å². The molecule has 0 saturated heterocycles. The van der Waals surface area contributed by atoms with Crippen molar-refractivity contribution in [2.75, 3.05) is 6.54 Å². The first-order valence-electron chi connectivity index (χ1n) is 5.44. The Bertz CT molecular complexity index is 118. The van der Waals surface area contributed by atoms with Gasteiger partial charge in [0, 0.05) is 0 Å². The van der Waals surface area contributed by atoms with Gasteiger partial charge in [0.05, 0.1) is 0 Å². The largest absolute Gasteiger partial charge is 0.330 e. The summed E-state index contributed by atoms with van der Waals surface area (Å²) < 4.78 is 0. The predicted octanol–water partition coefficient (Wildman–Crippen LogP) is 2.80. The lowest BCUT2D eigenvalue weighted by Gasteiger charge is -2.31. The average Bonchev–Trinajstić information content (AvgIpc) is 2.05. The zero-order chi connectivity index (χ0) is 8.97. The molecule has 72 valence electrons. The van der Waals surface area contributed by atoms with Crippen LogP contribution in [0.1, 0.15) is 46.0 Å². The van der Waals surface area contributed by atoms with Crippen LogP contribution in [0.5, 0.6) is 0 Å². The van der Waals surface area contributed by atoms with Crippen LogP contribution < -0.4 is 5.73 Å². The zero-order valence-corrected chi connectivity index (χ0v) is 8.55. The van der Waals surface area contributed by atoms with Crippen molar-refractivity contribution in [1.82, 2.24) is 0 Å². The summed E-state index contributed by atoms with van der Waals surface area (Å²) in [5, 5.41) is 0. The van der Waals surface area contributed by atoms with Gasteiger partial charge in [-0.15, -0.1) is 0 Å². The third-order valence-corrected chi connectivity index (χ3v) is 3.34. The van der Waals surface area contributed by atoms with Crippen LogP contribution in [0.2, 0.25) is 0 Å². The van der Waals surface area contributed by atoms with Gasteiger partial charge >= 0.3 is 0 Å². The molecule has 2 atom stereocenters. The maximum atomic E-state index is 5.58. The second kappa shape index (κ2) is 4.86. The van der Waals surface area contributed by atoms with Gasteiger partial charge in [0.1, 0.15) is 0 Å². The summed E-state index contributed by atoms with van der Waals surface area (Å²) in [6, 6.07) is 0. The SMILES string of the molecule is CC(C)[C@H]1CCCC(CCN)C1. The summed E-state index contributed by atoms with van der Waals surface area (Å²) in [4.78, 5) is 0. The van der Waals surface area contributed by atoms with Crippen molar-refractivity contribution in [3.63, 3.8) is 0 Å². The van der Waals surface area contributed by atoms with Crippen LogP contribution in [0.15, 0.2) is 0 Å². The highest BCUT2D eigenvalue weighted by Gasteiger charge is 2.23. The Morgan fingerprint density at radius 3 is 2.67 bits per heavy atom.